The van der Waals surface area contributed by atoms with Gasteiger partial charge in [-0.1, -0.05) is 17.7 Å². The second-order valence-electron chi connectivity index (χ2n) is 6.11. The molecule has 1 unspecified atom stereocenters. The van der Waals surface area contributed by atoms with Gasteiger partial charge in [0.25, 0.3) is 5.56 Å². The standard InChI is InChI=1S/C19H16ClN3O2S/c20-13-5-6-16-17(9-13)21-18(22-19(16)24)12-23(10-14-3-1-7-25-14)11-15-4-2-8-26-15/h1-9H,10-12H2,(H,21,22,24)/p+1. The van der Waals surface area contributed by atoms with Crippen LogP contribution in [0.5, 0.6) is 0 Å². The number of aromatic amines is 1. The van der Waals surface area contributed by atoms with E-state index in [0.717, 1.165) is 12.3 Å². The smallest absolute Gasteiger partial charge is 0.258 e. The van der Waals surface area contributed by atoms with Crippen molar-refractivity contribution >= 4 is 33.8 Å². The van der Waals surface area contributed by atoms with Crippen LogP contribution in [0.25, 0.3) is 10.9 Å². The number of aromatic nitrogens is 2. The summed E-state index contributed by atoms with van der Waals surface area (Å²) in [6.07, 6.45) is 1.68. The number of fused-ring (bicyclic) bond motifs is 1. The quantitative estimate of drug-likeness (QED) is 0.535. The number of hydrogen-bond donors (Lipinski definition) is 2. The lowest BCUT2D eigenvalue weighted by Gasteiger charge is -2.17. The van der Waals surface area contributed by atoms with E-state index in [-0.39, 0.29) is 5.56 Å². The Bertz CT molecular complexity index is 1020. The van der Waals surface area contributed by atoms with E-state index in [4.69, 9.17) is 16.0 Å². The van der Waals surface area contributed by atoms with E-state index >= 15 is 0 Å². The second-order valence-corrected chi connectivity index (χ2v) is 7.58. The van der Waals surface area contributed by atoms with E-state index in [9.17, 15) is 4.79 Å². The molecule has 4 aromatic rings. The molecule has 3 aromatic heterocycles. The SMILES string of the molecule is O=c1[nH]c(C[NH+](Cc2ccco2)Cc2cccs2)nc2cc(Cl)ccc12. The fourth-order valence-corrected chi connectivity index (χ4v) is 3.93. The van der Waals surface area contributed by atoms with Crippen LogP contribution in [-0.2, 0) is 19.6 Å². The van der Waals surface area contributed by atoms with Gasteiger partial charge in [0.1, 0.15) is 19.6 Å². The summed E-state index contributed by atoms with van der Waals surface area (Å²) in [6, 6.07) is 13.1. The molecule has 0 radical (unpaired) electrons. The molecule has 0 fully saturated rings. The van der Waals surface area contributed by atoms with Crippen molar-refractivity contribution in [3.05, 3.63) is 85.9 Å². The molecule has 0 saturated carbocycles. The van der Waals surface area contributed by atoms with Crippen LogP contribution in [-0.4, -0.2) is 9.97 Å². The Morgan fingerprint density at radius 1 is 1.15 bits per heavy atom. The molecular formula is C19H17ClN3O2S+. The minimum atomic E-state index is -0.143. The highest BCUT2D eigenvalue weighted by atomic mass is 35.5. The van der Waals surface area contributed by atoms with Crippen molar-refractivity contribution in [3.63, 3.8) is 0 Å². The van der Waals surface area contributed by atoms with Crippen molar-refractivity contribution in [2.24, 2.45) is 0 Å². The van der Waals surface area contributed by atoms with Crippen LogP contribution in [0.4, 0.5) is 0 Å². The normalized spacial score (nSPS) is 12.5. The van der Waals surface area contributed by atoms with Crippen molar-refractivity contribution in [3.8, 4) is 0 Å². The number of thiophene rings is 1. The van der Waals surface area contributed by atoms with Crippen LogP contribution in [0.15, 0.2) is 63.3 Å². The lowest BCUT2D eigenvalue weighted by atomic mass is 10.2. The van der Waals surface area contributed by atoms with E-state index in [2.05, 4.69) is 21.4 Å². The molecule has 4 rings (SSSR count). The maximum atomic E-state index is 12.4. The van der Waals surface area contributed by atoms with Crippen LogP contribution < -0.4 is 10.5 Å². The van der Waals surface area contributed by atoms with Crippen LogP contribution in [0.1, 0.15) is 16.5 Å². The minimum absolute atomic E-state index is 0.143. The van der Waals surface area contributed by atoms with Gasteiger partial charge in [-0.3, -0.25) is 4.79 Å². The zero-order chi connectivity index (χ0) is 17.9. The van der Waals surface area contributed by atoms with Crippen LogP contribution in [0, 0.1) is 0 Å². The van der Waals surface area contributed by atoms with E-state index in [1.807, 2.05) is 18.2 Å². The first-order chi connectivity index (χ1) is 12.7. The van der Waals surface area contributed by atoms with Crippen molar-refractivity contribution in [1.29, 1.82) is 0 Å². The molecule has 5 nitrogen and oxygen atoms in total. The molecule has 0 spiro atoms. The third-order valence-corrected chi connectivity index (χ3v) is 5.26. The molecule has 7 heteroatoms. The zero-order valence-corrected chi connectivity index (χ0v) is 15.4. The number of nitrogens with one attached hydrogen (secondary N) is 2. The number of nitrogens with zero attached hydrogens (tertiary/aromatic N) is 1. The second kappa shape index (κ2) is 7.45. The van der Waals surface area contributed by atoms with Gasteiger partial charge in [0.05, 0.1) is 22.0 Å². The van der Waals surface area contributed by atoms with Gasteiger partial charge in [-0.15, -0.1) is 11.3 Å². The van der Waals surface area contributed by atoms with Crippen molar-refractivity contribution in [1.82, 2.24) is 9.97 Å². The first-order valence-corrected chi connectivity index (χ1v) is 9.50. The van der Waals surface area contributed by atoms with Crippen LogP contribution in [0.2, 0.25) is 5.02 Å². The predicted molar refractivity (Wildman–Crippen MR) is 102 cm³/mol. The lowest BCUT2D eigenvalue weighted by molar-refractivity contribution is -0.942. The number of quaternary nitrogens is 1. The number of furan rings is 1. The molecule has 0 amide bonds. The minimum Gasteiger partial charge on any atom is -0.463 e. The highest BCUT2D eigenvalue weighted by molar-refractivity contribution is 7.09. The number of hydrogen-bond acceptors (Lipinski definition) is 4. The van der Waals surface area contributed by atoms with Gasteiger partial charge in [0.15, 0.2) is 11.6 Å². The van der Waals surface area contributed by atoms with Gasteiger partial charge < -0.3 is 14.3 Å². The van der Waals surface area contributed by atoms with Crippen molar-refractivity contribution in [2.75, 3.05) is 0 Å². The first kappa shape index (κ1) is 17.0. The Balaban J connectivity index is 1.63. The summed E-state index contributed by atoms with van der Waals surface area (Å²) in [5.74, 6) is 1.55. The van der Waals surface area contributed by atoms with Gasteiger partial charge in [0, 0.05) is 5.02 Å². The topological polar surface area (TPSA) is 63.3 Å². The average Bonchev–Trinajstić information content (AvgIpc) is 3.28. The van der Waals surface area contributed by atoms with Crippen LogP contribution >= 0.6 is 22.9 Å². The van der Waals surface area contributed by atoms with Gasteiger partial charge in [-0.2, -0.15) is 0 Å². The maximum absolute atomic E-state index is 12.4. The first-order valence-electron chi connectivity index (χ1n) is 8.24. The Kier molecular flexibility index (Phi) is 4.88. The molecular weight excluding hydrogens is 370 g/mol. The van der Waals surface area contributed by atoms with E-state index in [1.165, 1.54) is 9.78 Å². The number of rotatable bonds is 6. The highest BCUT2D eigenvalue weighted by Crippen LogP contribution is 2.14. The summed E-state index contributed by atoms with van der Waals surface area (Å²) in [7, 11) is 0. The zero-order valence-electron chi connectivity index (χ0n) is 13.9. The summed E-state index contributed by atoms with van der Waals surface area (Å²) in [5.41, 5.74) is 0.472. The Morgan fingerprint density at radius 2 is 2.08 bits per heavy atom. The van der Waals surface area contributed by atoms with Gasteiger partial charge >= 0.3 is 0 Å². The Labute approximate surface area is 158 Å². The molecule has 0 aliphatic heterocycles. The van der Waals surface area contributed by atoms with E-state index < -0.39 is 0 Å². The van der Waals surface area contributed by atoms with Gasteiger partial charge in [-0.05, 0) is 41.8 Å². The predicted octanol–water partition coefficient (Wildman–Crippen LogP) is 3.02. The average molecular weight is 387 g/mol. The van der Waals surface area contributed by atoms with Gasteiger partial charge in [-0.25, -0.2) is 4.98 Å². The summed E-state index contributed by atoms with van der Waals surface area (Å²) in [4.78, 5) is 22.4. The maximum Gasteiger partial charge on any atom is 0.258 e. The number of H-pyrrole nitrogens is 1. The molecule has 0 saturated heterocycles. The Morgan fingerprint density at radius 3 is 2.85 bits per heavy atom. The summed E-state index contributed by atoms with van der Waals surface area (Å²) in [6.45, 7) is 2.12. The fraction of sp³-hybridized carbons (Fsp3) is 0.158. The molecule has 1 aromatic carbocycles. The largest absolute Gasteiger partial charge is 0.463 e. The third kappa shape index (κ3) is 3.88. The van der Waals surface area contributed by atoms with E-state index in [1.54, 1.807) is 35.8 Å². The summed E-state index contributed by atoms with van der Waals surface area (Å²) in [5, 5.41) is 3.18. The third-order valence-electron chi connectivity index (χ3n) is 4.14. The van der Waals surface area contributed by atoms with Crippen molar-refractivity contribution in [2.45, 2.75) is 19.6 Å². The Hall–Kier alpha value is -2.41. The molecule has 0 aliphatic carbocycles. The fourth-order valence-electron chi connectivity index (χ4n) is 2.99. The monoisotopic (exact) mass is 386 g/mol. The molecule has 1 atom stereocenters. The van der Waals surface area contributed by atoms with E-state index in [0.29, 0.717) is 34.8 Å². The molecule has 0 bridgehead atoms. The molecule has 26 heavy (non-hydrogen) atoms. The lowest BCUT2D eigenvalue weighted by Crippen LogP contribution is -3.08. The molecule has 132 valence electrons. The number of halogens is 1. The van der Waals surface area contributed by atoms with Gasteiger partial charge in [0.2, 0.25) is 0 Å². The highest BCUT2D eigenvalue weighted by Gasteiger charge is 2.16. The summed E-state index contributed by atoms with van der Waals surface area (Å²) >= 11 is 7.77. The molecule has 0 aliphatic rings. The number of benzene rings is 1. The molecule has 3 heterocycles. The van der Waals surface area contributed by atoms with Crippen LogP contribution in [0.3, 0.4) is 0 Å². The molecule has 2 N–H and O–H groups in total. The van der Waals surface area contributed by atoms with Crippen molar-refractivity contribution < 1.29 is 9.32 Å². The summed E-state index contributed by atoms with van der Waals surface area (Å²) < 4.78 is 5.50.